The van der Waals surface area contributed by atoms with Gasteiger partial charge in [-0.15, -0.1) is 5.10 Å². The van der Waals surface area contributed by atoms with Crippen molar-refractivity contribution in [2.75, 3.05) is 18.1 Å². The molecule has 7 nitrogen and oxygen atoms in total. The van der Waals surface area contributed by atoms with Gasteiger partial charge in [0.05, 0.1) is 12.6 Å². The minimum absolute atomic E-state index is 0.00825. The van der Waals surface area contributed by atoms with Crippen LogP contribution in [0.15, 0.2) is 12.3 Å². The molecule has 1 aromatic heterocycles. The number of hydrogen-bond acceptors (Lipinski definition) is 4. The van der Waals surface area contributed by atoms with Gasteiger partial charge in [-0.25, -0.2) is 9.48 Å². The zero-order valence-corrected chi connectivity index (χ0v) is 19.0. The zero-order chi connectivity index (χ0) is 22.2. The Kier molecular flexibility index (Phi) is 6.24. The Morgan fingerprint density at radius 3 is 2.55 bits per heavy atom. The van der Waals surface area contributed by atoms with Crippen molar-refractivity contribution in [3.05, 3.63) is 17.8 Å². The number of allylic oxidation sites excluding steroid dienone is 2. The third-order valence-electron chi connectivity index (χ3n) is 7.27. The molecule has 31 heavy (non-hydrogen) atoms. The van der Waals surface area contributed by atoms with Crippen LogP contribution in [0.3, 0.4) is 0 Å². The summed E-state index contributed by atoms with van der Waals surface area (Å²) in [5, 5.41) is 14.6. The topological polar surface area (TPSA) is 84.7 Å². The number of rotatable bonds is 5. The Morgan fingerprint density at radius 1 is 1.23 bits per heavy atom. The summed E-state index contributed by atoms with van der Waals surface area (Å²) in [4.78, 5) is 27.5. The molecular formula is C24H35N3O4. The normalized spacial score (nSPS) is 28.2. The second-order valence-corrected chi connectivity index (χ2v) is 10.4. The van der Waals surface area contributed by atoms with E-state index in [1.165, 1.54) is 0 Å². The minimum Gasteiger partial charge on any atom is -0.477 e. The van der Waals surface area contributed by atoms with Gasteiger partial charge in [0.15, 0.2) is 5.82 Å². The first-order valence-corrected chi connectivity index (χ1v) is 11.7. The van der Waals surface area contributed by atoms with E-state index >= 15 is 0 Å². The minimum atomic E-state index is -1.05. The Morgan fingerprint density at radius 2 is 1.97 bits per heavy atom. The van der Waals surface area contributed by atoms with Crippen molar-refractivity contribution in [2.45, 2.75) is 78.2 Å². The number of nitrogens with zero attached hydrogens (tertiary/aromatic N) is 3. The molecule has 1 aromatic rings. The van der Waals surface area contributed by atoms with Crippen molar-refractivity contribution in [1.82, 2.24) is 9.78 Å². The van der Waals surface area contributed by atoms with Gasteiger partial charge in [-0.05, 0) is 62.7 Å². The molecule has 170 valence electrons. The molecule has 1 unspecified atom stereocenters. The van der Waals surface area contributed by atoms with Crippen LogP contribution < -0.4 is 4.90 Å². The fourth-order valence-electron chi connectivity index (χ4n) is 5.00. The molecule has 3 aliphatic rings. The molecule has 1 N–H and O–H groups in total. The van der Waals surface area contributed by atoms with Crippen molar-refractivity contribution in [1.29, 1.82) is 0 Å². The molecule has 0 aromatic carbocycles. The Bertz CT molecular complexity index is 858. The van der Waals surface area contributed by atoms with Gasteiger partial charge in [-0.3, -0.25) is 9.69 Å². The Hall–Kier alpha value is -2.15. The Balaban J connectivity index is 1.69. The second-order valence-electron chi connectivity index (χ2n) is 10.4. The number of carboxylic acids is 1. The quantitative estimate of drug-likeness (QED) is 0.740. The SMILES string of the molecule is CC1CCC(C(=O)N(c2nn(C3=CCC(C)(C)CC3)cc2C(=O)O)C2CCOC2)CC1. The fraction of sp³-hybridized carbons (Fsp3) is 0.708. The predicted molar refractivity (Wildman–Crippen MR) is 119 cm³/mol. The van der Waals surface area contributed by atoms with E-state index in [1.54, 1.807) is 15.8 Å². The van der Waals surface area contributed by atoms with Gasteiger partial charge in [0.2, 0.25) is 5.91 Å². The molecule has 1 aliphatic heterocycles. The van der Waals surface area contributed by atoms with Crippen molar-refractivity contribution in [2.24, 2.45) is 17.3 Å². The summed E-state index contributed by atoms with van der Waals surface area (Å²) >= 11 is 0. The average Bonchev–Trinajstić information content (AvgIpc) is 3.40. The number of carbonyl (C=O) groups excluding carboxylic acids is 1. The summed E-state index contributed by atoms with van der Waals surface area (Å²) in [5.74, 6) is -0.194. The average molecular weight is 430 g/mol. The summed E-state index contributed by atoms with van der Waals surface area (Å²) in [7, 11) is 0. The molecule has 7 heteroatoms. The van der Waals surface area contributed by atoms with Gasteiger partial charge in [-0.2, -0.15) is 0 Å². The number of carbonyl (C=O) groups is 2. The lowest BCUT2D eigenvalue weighted by molar-refractivity contribution is -0.124. The lowest BCUT2D eigenvalue weighted by Gasteiger charge is -2.33. The van der Waals surface area contributed by atoms with E-state index in [-0.39, 0.29) is 34.7 Å². The van der Waals surface area contributed by atoms with Gasteiger partial charge in [0, 0.05) is 24.4 Å². The van der Waals surface area contributed by atoms with Crippen LogP contribution in [0.4, 0.5) is 5.82 Å². The van der Waals surface area contributed by atoms with Gasteiger partial charge in [0.25, 0.3) is 0 Å². The zero-order valence-electron chi connectivity index (χ0n) is 19.0. The maximum atomic E-state index is 13.7. The molecule has 2 heterocycles. The van der Waals surface area contributed by atoms with E-state index in [9.17, 15) is 14.7 Å². The lowest BCUT2D eigenvalue weighted by atomic mass is 9.80. The Labute approximate surface area is 184 Å². The monoisotopic (exact) mass is 429 g/mol. The smallest absolute Gasteiger partial charge is 0.341 e. The van der Waals surface area contributed by atoms with E-state index in [4.69, 9.17) is 9.84 Å². The molecule has 1 amide bonds. The lowest BCUT2D eigenvalue weighted by Crippen LogP contribution is -2.46. The van der Waals surface area contributed by atoms with Gasteiger partial charge >= 0.3 is 5.97 Å². The summed E-state index contributed by atoms with van der Waals surface area (Å²) in [6.45, 7) is 7.72. The number of ether oxygens (including phenoxy) is 1. The van der Waals surface area contributed by atoms with Crippen LogP contribution in [0.2, 0.25) is 0 Å². The highest BCUT2D eigenvalue weighted by molar-refractivity contribution is 6.02. The van der Waals surface area contributed by atoms with Crippen LogP contribution in [-0.2, 0) is 9.53 Å². The van der Waals surface area contributed by atoms with E-state index in [0.717, 1.165) is 50.6 Å². The summed E-state index contributed by atoms with van der Waals surface area (Å²) in [6.07, 6.45) is 11.0. The molecule has 1 saturated heterocycles. The van der Waals surface area contributed by atoms with Crippen molar-refractivity contribution < 1.29 is 19.4 Å². The van der Waals surface area contributed by atoms with Gasteiger partial charge < -0.3 is 9.84 Å². The summed E-state index contributed by atoms with van der Waals surface area (Å²) in [5.41, 5.74) is 1.35. The fourth-order valence-corrected chi connectivity index (χ4v) is 5.00. The number of aromatic carboxylic acids is 1. The largest absolute Gasteiger partial charge is 0.477 e. The first-order valence-electron chi connectivity index (χ1n) is 11.7. The predicted octanol–water partition coefficient (Wildman–Crippen LogP) is 4.58. The molecule has 0 spiro atoms. The van der Waals surface area contributed by atoms with Crippen LogP contribution in [0, 0.1) is 17.3 Å². The number of aromatic nitrogens is 2. The van der Waals surface area contributed by atoms with Gasteiger partial charge in [-0.1, -0.05) is 26.8 Å². The van der Waals surface area contributed by atoms with Gasteiger partial charge in [0.1, 0.15) is 5.56 Å². The van der Waals surface area contributed by atoms with Crippen LogP contribution >= 0.6 is 0 Å². The third kappa shape index (κ3) is 4.71. The first-order chi connectivity index (χ1) is 14.7. The standard InChI is InChI=1S/C24H35N3O4/c1-16-4-6-17(7-5-16)22(28)27(19-10-13-31-15-19)21-20(23(29)30)14-26(25-21)18-8-11-24(2,3)12-9-18/h8,14,16-17,19H,4-7,9-13,15H2,1-3H3,(H,29,30). The molecule has 4 rings (SSSR count). The first kappa shape index (κ1) is 22.1. The number of amides is 1. The third-order valence-corrected chi connectivity index (χ3v) is 7.27. The maximum Gasteiger partial charge on any atom is 0.341 e. The van der Waals surface area contributed by atoms with E-state index < -0.39 is 5.97 Å². The molecule has 1 saturated carbocycles. The molecule has 0 radical (unpaired) electrons. The van der Waals surface area contributed by atoms with Crippen molar-refractivity contribution in [3.63, 3.8) is 0 Å². The van der Waals surface area contributed by atoms with E-state index in [2.05, 4.69) is 26.8 Å². The van der Waals surface area contributed by atoms with Crippen molar-refractivity contribution in [3.8, 4) is 0 Å². The summed E-state index contributed by atoms with van der Waals surface area (Å²) < 4.78 is 7.26. The molecule has 2 aliphatic carbocycles. The highest BCUT2D eigenvalue weighted by Crippen LogP contribution is 2.37. The molecule has 1 atom stereocenters. The molecule has 2 fully saturated rings. The molecule has 0 bridgehead atoms. The van der Waals surface area contributed by atoms with Crippen LogP contribution in [0.1, 0.15) is 82.5 Å². The van der Waals surface area contributed by atoms with E-state index in [1.807, 2.05) is 0 Å². The second kappa shape index (κ2) is 8.77. The number of hydrogen-bond donors (Lipinski definition) is 1. The maximum absolute atomic E-state index is 13.7. The highest BCUT2D eigenvalue weighted by atomic mass is 16.5. The number of carboxylic acid groups (broad SMARTS) is 1. The summed E-state index contributed by atoms with van der Waals surface area (Å²) in [6, 6.07) is -0.160. The van der Waals surface area contributed by atoms with Crippen molar-refractivity contribution >= 4 is 23.4 Å². The molecular weight excluding hydrogens is 394 g/mol. The number of anilines is 1. The highest BCUT2D eigenvalue weighted by Gasteiger charge is 2.38. The van der Waals surface area contributed by atoms with Crippen LogP contribution in [0.5, 0.6) is 0 Å². The van der Waals surface area contributed by atoms with E-state index in [0.29, 0.717) is 25.6 Å². The van der Waals surface area contributed by atoms with Crippen LogP contribution in [-0.4, -0.2) is 46.0 Å². The van der Waals surface area contributed by atoms with Crippen LogP contribution in [0.25, 0.3) is 5.70 Å².